The van der Waals surface area contributed by atoms with E-state index in [1.54, 1.807) is 37.3 Å². The second kappa shape index (κ2) is 10.3. The van der Waals surface area contributed by atoms with Crippen LogP contribution in [0, 0.1) is 0 Å². The van der Waals surface area contributed by atoms with Gasteiger partial charge >= 0.3 is 0 Å². The maximum atomic E-state index is 13.9. The summed E-state index contributed by atoms with van der Waals surface area (Å²) in [6.45, 7) is 6.57. The molecule has 8 nitrogen and oxygen atoms in total. The molecule has 36 heavy (non-hydrogen) atoms. The largest absolute Gasteiger partial charge is 0.497 e. The molecule has 3 heterocycles. The Balaban J connectivity index is 1.60. The van der Waals surface area contributed by atoms with Crippen LogP contribution < -0.4 is 14.9 Å². The summed E-state index contributed by atoms with van der Waals surface area (Å²) in [4.78, 5) is 31.7. The lowest BCUT2D eigenvalue weighted by Gasteiger charge is -2.29. The first-order valence-electron chi connectivity index (χ1n) is 12.5. The molecule has 1 amide bonds. The molecule has 0 N–H and O–H groups in total. The zero-order chi connectivity index (χ0) is 25.2. The highest BCUT2D eigenvalue weighted by Gasteiger charge is 2.43. The monoisotopic (exact) mass is 492 g/mol. The molecule has 1 atom stereocenters. The van der Waals surface area contributed by atoms with Gasteiger partial charge in [-0.2, -0.15) is 0 Å². The van der Waals surface area contributed by atoms with Crippen LogP contribution in [0.3, 0.4) is 0 Å². The standard InChI is InChI=1S/C28H32N2O6/c1-4-18-6-8-23-21(16-18)26(31)24-25(20-17-19(33-2)7-9-22(20)34-3)30(28(32)27(24)36-23)11-5-10-29-12-14-35-15-13-29/h6-9,16-17,25H,4-5,10-15H2,1-3H3. The van der Waals surface area contributed by atoms with Crippen LogP contribution in [0.25, 0.3) is 11.0 Å². The summed E-state index contributed by atoms with van der Waals surface area (Å²) < 4.78 is 22.7. The van der Waals surface area contributed by atoms with Crippen LogP contribution in [0.4, 0.5) is 0 Å². The molecule has 0 radical (unpaired) electrons. The summed E-state index contributed by atoms with van der Waals surface area (Å²) in [5.41, 5.74) is 2.35. The van der Waals surface area contributed by atoms with Gasteiger partial charge in [0.15, 0.2) is 5.43 Å². The van der Waals surface area contributed by atoms with Gasteiger partial charge in [-0.15, -0.1) is 0 Å². The number of hydrogen-bond donors (Lipinski definition) is 0. The van der Waals surface area contributed by atoms with E-state index in [2.05, 4.69) is 4.90 Å². The van der Waals surface area contributed by atoms with Gasteiger partial charge in [0.25, 0.3) is 5.91 Å². The Bertz CT molecular complexity index is 1330. The van der Waals surface area contributed by atoms with E-state index in [4.69, 9.17) is 18.6 Å². The van der Waals surface area contributed by atoms with E-state index in [-0.39, 0.29) is 17.1 Å². The number of amides is 1. The number of carbonyl (C=O) groups is 1. The summed E-state index contributed by atoms with van der Waals surface area (Å²) in [5.74, 6) is 1.04. The minimum absolute atomic E-state index is 0.109. The molecular formula is C28H32N2O6. The highest BCUT2D eigenvalue weighted by Crippen LogP contribution is 2.42. The predicted molar refractivity (Wildman–Crippen MR) is 136 cm³/mol. The third-order valence-electron chi connectivity index (χ3n) is 7.15. The second-order valence-corrected chi connectivity index (χ2v) is 9.17. The fraction of sp³-hybridized carbons (Fsp3) is 0.429. The van der Waals surface area contributed by atoms with Crippen LogP contribution in [-0.2, 0) is 11.2 Å². The number of ether oxygens (including phenoxy) is 3. The Hall–Kier alpha value is -3.36. The molecule has 0 saturated carbocycles. The zero-order valence-electron chi connectivity index (χ0n) is 21.0. The average Bonchev–Trinajstić information content (AvgIpc) is 3.20. The minimum Gasteiger partial charge on any atom is -0.497 e. The van der Waals surface area contributed by atoms with Crippen LogP contribution in [0.1, 0.15) is 46.6 Å². The summed E-state index contributed by atoms with van der Waals surface area (Å²) in [5, 5.41) is 0.489. The van der Waals surface area contributed by atoms with Crippen molar-refractivity contribution in [2.45, 2.75) is 25.8 Å². The van der Waals surface area contributed by atoms with Crippen molar-refractivity contribution in [3.8, 4) is 11.5 Å². The first kappa shape index (κ1) is 24.3. The Kier molecular flexibility index (Phi) is 6.98. The lowest BCUT2D eigenvalue weighted by Crippen LogP contribution is -2.39. The number of benzene rings is 2. The first-order chi connectivity index (χ1) is 17.5. The van der Waals surface area contributed by atoms with Crippen molar-refractivity contribution in [3.63, 3.8) is 0 Å². The smallest absolute Gasteiger partial charge is 0.290 e. The molecule has 190 valence electrons. The Labute approximate surface area is 210 Å². The molecule has 1 saturated heterocycles. The Morgan fingerprint density at radius 2 is 1.81 bits per heavy atom. The topological polar surface area (TPSA) is 81.5 Å². The normalized spacial score (nSPS) is 18.0. The van der Waals surface area contributed by atoms with E-state index in [1.165, 1.54) is 0 Å². The molecule has 2 aliphatic heterocycles. The van der Waals surface area contributed by atoms with E-state index in [9.17, 15) is 9.59 Å². The lowest BCUT2D eigenvalue weighted by atomic mass is 9.96. The molecule has 0 spiro atoms. The van der Waals surface area contributed by atoms with E-state index < -0.39 is 6.04 Å². The van der Waals surface area contributed by atoms with Gasteiger partial charge in [0.05, 0.1) is 44.4 Å². The molecule has 2 aromatic carbocycles. The third-order valence-corrected chi connectivity index (χ3v) is 7.15. The highest BCUT2D eigenvalue weighted by atomic mass is 16.5. The molecule has 1 aromatic heterocycles. The average molecular weight is 493 g/mol. The second-order valence-electron chi connectivity index (χ2n) is 9.17. The fourth-order valence-corrected chi connectivity index (χ4v) is 5.18. The molecule has 5 rings (SSSR count). The van der Waals surface area contributed by atoms with E-state index in [1.807, 2.05) is 25.1 Å². The molecule has 3 aromatic rings. The highest BCUT2D eigenvalue weighted by molar-refractivity contribution is 5.99. The van der Waals surface area contributed by atoms with Gasteiger partial charge in [0.2, 0.25) is 5.76 Å². The summed E-state index contributed by atoms with van der Waals surface area (Å²) in [7, 11) is 3.18. The Morgan fingerprint density at radius 3 is 2.53 bits per heavy atom. The number of fused-ring (bicyclic) bond motifs is 2. The summed E-state index contributed by atoms with van der Waals surface area (Å²) in [6.07, 6.45) is 1.56. The predicted octanol–water partition coefficient (Wildman–Crippen LogP) is 3.64. The first-order valence-corrected chi connectivity index (χ1v) is 12.5. The van der Waals surface area contributed by atoms with Gasteiger partial charge in [-0.05, 0) is 48.7 Å². The van der Waals surface area contributed by atoms with E-state index in [0.29, 0.717) is 40.1 Å². The summed E-state index contributed by atoms with van der Waals surface area (Å²) in [6, 6.07) is 10.4. The fourth-order valence-electron chi connectivity index (χ4n) is 5.18. The number of aryl methyl sites for hydroxylation is 1. The van der Waals surface area contributed by atoms with Gasteiger partial charge < -0.3 is 23.5 Å². The van der Waals surface area contributed by atoms with Gasteiger partial charge in [-0.25, -0.2) is 0 Å². The van der Waals surface area contributed by atoms with Crippen LogP contribution >= 0.6 is 0 Å². The zero-order valence-corrected chi connectivity index (χ0v) is 21.0. The number of hydrogen-bond acceptors (Lipinski definition) is 7. The number of methoxy groups -OCH3 is 2. The van der Waals surface area contributed by atoms with Crippen molar-refractivity contribution >= 4 is 16.9 Å². The quantitative estimate of drug-likeness (QED) is 0.475. The van der Waals surface area contributed by atoms with Crippen molar-refractivity contribution in [2.75, 3.05) is 53.6 Å². The molecule has 8 heteroatoms. The third kappa shape index (κ3) is 4.35. The lowest BCUT2D eigenvalue weighted by molar-refractivity contribution is 0.0353. The molecule has 1 fully saturated rings. The van der Waals surface area contributed by atoms with E-state index in [0.717, 1.165) is 51.3 Å². The van der Waals surface area contributed by atoms with Gasteiger partial charge in [-0.3, -0.25) is 14.5 Å². The van der Waals surface area contributed by atoms with Crippen LogP contribution in [0.2, 0.25) is 0 Å². The summed E-state index contributed by atoms with van der Waals surface area (Å²) >= 11 is 0. The molecular weight excluding hydrogens is 460 g/mol. The van der Waals surface area contributed by atoms with Crippen molar-refractivity contribution in [1.29, 1.82) is 0 Å². The maximum Gasteiger partial charge on any atom is 0.290 e. The minimum atomic E-state index is -0.631. The molecule has 0 bridgehead atoms. The molecule has 1 unspecified atom stereocenters. The number of carbonyl (C=O) groups excluding carboxylic acids is 1. The van der Waals surface area contributed by atoms with E-state index >= 15 is 0 Å². The Morgan fingerprint density at radius 1 is 1.00 bits per heavy atom. The van der Waals surface area contributed by atoms with Crippen molar-refractivity contribution in [3.05, 3.63) is 69.1 Å². The van der Waals surface area contributed by atoms with Crippen LogP contribution in [0.5, 0.6) is 11.5 Å². The van der Waals surface area contributed by atoms with Gasteiger partial charge in [0, 0.05) is 31.7 Å². The van der Waals surface area contributed by atoms with Crippen molar-refractivity contribution < 1.29 is 23.4 Å². The number of nitrogens with zero attached hydrogens (tertiary/aromatic N) is 2. The SMILES string of the molecule is CCc1ccc2oc3c(c(=O)c2c1)C(c1cc(OC)ccc1OC)N(CCCN1CCOCC1)C3=O. The van der Waals surface area contributed by atoms with Crippen LogP contribution in [-0.4, -0.2) is 69.3 Å². The van der Waals surface area contributed by atoms with Crippen molar-refractivity contribution in [1.82, 2.24) is 9.80 Å². The number of rotatable bonds is 8. The van der Waals surface area contributed by atoms with Crippen LogP contribution in [0.15, 0.2) is 45.6 Å². The van der Waals surface area contributed by atoms with Gasteiger partial charge in [-0.1, -0.05) is 13.0 Å². The molecule has 2 aliphatic rings. The number of morpholine rings is 1. The maximum absolute atomic E-state index is 13.9. The molecule has 0 aliphatic carbocycles. The van der Waals surface area contributed by atoms with Gasteiger partial charge in [0.1, 0.15) is 17.1 Å². The van der Waals surface area contributed by atoms with Crippen molar-refractivity contribution in [2.24, 2.45) is 0 Å².